The van der Waals surface area contributed by atoms with Crippen molar-refractivity contribution in [1.82, 2.24) is 30.0 Å². The summed E-state index contributed by atoms with van der Waals surface area (Å²) < 4.78 is 24.7. The number of rotatable bonds is 17. The molecule has 18 heteroatoms. The molecule has 0 unspecified atom stereocenters. The first-order chi connectivity index (χ1) is 31.6. The van der Waals surface area contributed by atoms with Gasteiger partial charge in [-0.05, 0) is 91.2 Å². The molecule has 4 heterocycles. The van der Waals surface area contributed by atoms with Crippen LogP contribution < -0.4 is 19.3 Å². The van der Waals surface area contributed by atoms with Gasteiger partial charge in [-0.1, -0.05) is 55.8 Å². The molecule has 0 bridgehead atoms. The van der Waals surface area contributed by atoms with Crippen LogP contribution in [-0.2, 0) is 55.0 Å². The number of nitrogens with zero attached hydrogens (tertiary/aromatic N) is 8. The van der Waals surface area contributed by atoms with Crippen LogP contribution in [0.4, 0.5) is 11.4 Å². The lowest BCUT2D eigenvalue weighted by Crippen LogP contribution is -2.49. The van der Waals surface area contributed by atoms with Gasteiger partial charge in [0, 0.05) is 18.7 Å². The number of methoxy groups -OCH3 is 2. The van der Waals surface area contributed by atoms with E-state index in [4.69, 9.17) is 18.9 Å². The van der Waals surface area contributed by atoms with Crippen LogP contribution in [0, 0.1) is 22.7 Å². The Kier molecular flexibility index (Phi) is 12.8. The Balaban J connectivity index is 0.907. The van der Waals surface area contributed by atoms with Crippen LogP contribution in [0.5, 0.6) is 11.5 Å². The highest BCUT2D eigenvalue weighted by Crippen LogP contribution is 2.61. The molecule has 2 aromatic carbocycles. The second-order valence-electron chi connectivity index (χ2n) is 18.3. The van der Waals surface area contributed by atoms with E-state index in [0.29, 0.717) is 46.6 Å². The van der Waals surface area contributed by atoms with Gasteiger partial charge in [0.2, 0.25) is 0 Å². The third-order valence-electron chi connectivity index (χ3n) is 13.9. The number of anilines is 2. The number of esters is 2. The Morgan fingerprint density at radius 3 is 1.86 bits per heavy atom. The molecule has 18 nitrogen and oxygen atoms in total. The van der Waals surface area contributed by atoms with Crippen molar-refractivity contribution in [2.45, 2.75) is 92.0 Å². The number of amides is 2. The molecule has 0 spiro atoms. The number of ketones is 2. The minimum Gasteiger partial charge on any atom is -0.497 e. The standard InChI is InChI=1S/C48H54N8O10/c1-29-8-15-40-47(2,3)16-7-17-48(40,4)37(29)12-9-30(46(62)66-28-32-26-54(52-50-32)19-21-56-39-14-11-34(64-6)24-36(39)43(59)45(56)61)22-41(57)65-27-31-25-53(51-49-31)18-20-55-38-13-10-33(63-5)23-35(38)42(58)44(55)60/h9-11,13-14,23-26,37,40H,1,7-8,12,15-22,27-28H2,2-6H3/b30-9+/t37-,40-,48+/m0/s1. The molecule has 2 aliphatic carbocycles. The van der Waals surface area contributed by atoms with E-state index in [0.717, 1.165) is 37.7 Å². The zero-order valence-corrected chi connectivity index (χ0v) is 37.9. The molecule has 2 amide bonds. The predicted octanol–water partition coefficient (Wildman–Crippen LogP) is 5.64. The Labute approximate surface area is 381 Å². The van der Waals surface area contributed by atoms with Crippen molar-refractivity contribution in [3.8, 4) is 11.5 Å². The number of Topliss-reactive ketones (excluding diaryl/α,β-unsaturated/α-hetero) is 2. The Bertz CT molecular complexity index is 2650. The summed E-state index contributed by atoms with van der Waals surface area (Å²) in [5.74, 6) is -2.37. The summed E-state index contributed by atoms with van der Waals surface area (Å²) in [7, 11) is 2.97. The summed E-state index contributed by atoms with van der Waals surface area (Å²) in [5.41, 5.74) is 3.63. The van der Waals surface area contributed by atoms with Crippen molar-refractivity contribution in [2.24, 2.45) is 22.7 Å². The molecule has 66 heavy (non-hydrogen) atoms. The number of hydrogen-bond donors (Lipinski definition) is 0. The summed E-state index contributed by atoms with van der Waals surface area (Å²) in [5, 5.41) is 16.5. The molecular weight excluding hydrogens is 849 g/mol. The lowest BCUT2D eigenvalue weighted by Gasteiger charge is -2.58. The first kappa shape index (κ1) is 45.6. The maximum Gasteiger partial charge on any atom is 0.334 e. The fourth-order valence-corrected chi connectivity index (χ4v) is 10.5. The number of carbonyl (C=O) groups is 6. The first-order valence-corrected chi connectivity index (χ1v) is 22.2. The van der Waals surface area contributed by atoms with Crippen molar-refractivity contribution >= 4 is 46.7 Å². The van der Waals surface area contributed by atoms with Gasteiger partial charge < -0.3 is 28.7 Å². The van der Waals surface area contributed by atoms with Crippen LogP contribution in [0.15, 0.2) is 72.6 Å². The van der Waals surface area contributed by atoms with Gasteiger partial charge in [0.25, 0.3) is 23.4 Å². The highest BCUT2D eigenvalue weighted by molar-refractivity contribution is 6.53. The van der Waals surface area contributed by atoms with Crippen LogP contribution in [0.3, 0.4) is 0 Å². The molecule has 3 atom stereocenters. The topological polar surface area (TPSA) is 207 Å². The second-order valence-corrected chi connectivity index (χ2v) is 18.3. The van der Waals surface area contributed by atoms with E-state index in [-0.39, 0.29) is 79.3 Å². The van der Waals surface area contributed by atoms with Crippen LogP contribution in [-0.4, -0.2) is 92.6 Å². The maximum atomic E-state index is 13.9. The third kappa shape index (κ3) is 9.00. The van der Waals surface area contributed by atoms with Crippen molar-refractivity contribution in [3.05, 3.63) is 95.1 Å². The normalized spacial score (nSPS) is 21.2. The average Bonchev–Trinajstić information content (AvgIpc) is 4.07. The lowest BCUT2D eigenvalue weighted by atomic mass is 9.47. The van der Waals surface area contributed by atoms with Gasteiger partial charge in [-0.15, -0.1) is 10.2 Å². The summed E-state index contributed by atoms with van der Waals surface area (Å²) in [6.45, 7) is 11.8. The molecule has 8 rings (SSSR count). The molecule has 0 N–H and O–H groups in total. The highest BCUT2D eigenvalue weighted by Gasteiger charge is 2.52. The van der Waals surface area contributed by atoms with Gasteiger partial charge in [-0.2, -0.15) is 0 Å². The SMILES string of the molecule is C=C1CC[C@H]2C(C)(C)CCC[C@]2(C)[C@H]1C/C=C(\CC(=O)OCc1cn(CCN2C(=O)C(=O)c3cc(OC)ccc32)nn1)C(=O)OCc1cn(CCN2C(=O)C(=O)c3cc(OC)ccc32)nn1. The number of ether oxygens (including phenoxy) is 4. The summed E-state index contributed by atoms with van der Waals surface area (Å²) >= 11 is 0. The molecule has 346 valence electrons. The Morgan fingerprint density at radius 1 is 0.773 bits per heavy atom. The number of carbonyl (C=O) groups excluding carboxylic acids is 6. The molecule has 2 aromatic heterocycles. The molecule has 2 fully saturated rings. The van der Waals surface area contributed by atoms with Crippen molar-refractivity contribution in [1.29, 1.82) is 0 Å². The molecule has 4 aliphatic rings. The van der Waals surface area contributed by atoms with Gasteiger partial charge >= 0.3 is 11.9 Å². The third-order valence-corrected chi connectivity index (χ3v) is 13.9. The molecule has 0 saturated heterocycles. The summed E-state index contributed by atoms with van der Waals surface area (Å²) in [6, 6.07) is 9.77. The van der Waals surface area contributed by atoms with E-state index in [1.807, 2.05) is 0 Å². The summed E-state index contributed by atoms with van der Waals surface area (Å²) in [6.07, 6.45) is 10.4. The highest BCUT2D eigenvalue weighted by atomic mass is 16.5. The van der Waals surface area contributed by atoms with Crippen molar-refractivity contribution in [3.63, 3.8) is 0 Å². The number of benzene rings is 2. The molecular formula is C48H54N8O10. The Hall–Kier alpha value is -6.98. The van der Waals surface area contributed by atoms with E-state index in [9.17, 15) is 28.8 Å². The predicted molar refractivity (Wildman–Crippen MR) is 237 cm³/mol. The van der Waals surface area contributed by atoms with E-state index in [1.165, 1.54) is 39.4 Å². The zero-order valence-electron chi connectivity index (χ0n) is 37.9. The largest absolute Gasteiger partial charge is 0.497 e. The second kappa shape index (κ2) is 18.5. The van der Waals surface area contributed by atoms with E-state index < -0.39 is 35.3 Å². The van der Waals surface area contributed by atoms with Gasteiger partial charge in [-0.25, -0.2) is 4.79 Å². The first-order valence-electron chi connectivity index (χ1n) is 22.2. The number of fused-ring (bicyclic) bond motifs is 3. The number of hydrogen-bond acceptors (Lipinski definition) is 14. The number of allylic oxidation sites excluding steroid dienone is 2. The fraction of sp³-hybridized carbons (Fsp3) is 0.458. The number of aromatic nitrogens is 6. The van der Waals surface area contributed by atoms with Crippen LogP contribution in [0.2, 0.25) is 0 Å². The molecule has 2 saturated carbocycles. The van der Waals surface area contributed by atoms with E-state index in [2.05, 4.69) is 48.0 Å². The van der Waals surface area contributed by atoms with Crippen LogP contribution in [0.25, 0.3) is 0 Å². The van der Waals surface area contributed by atoms with Crippen molar-refractivity contribution < 1.29 is 47.7 Å². The molecule has 0 radical (unpaired) electrons. The minimum absolute atomic E-state index is 0.0239. The van der Waals surface area contributed by atoms with Gasteiger partial charge in [0.1, 0.15) is 36.1 Å². The summed E-state index contributed by atoms with van der Waals surface area (Å²) in [4.78, 5) is 80.9. The lowest BCUT2D eigenvalue weighted by molar-refractivity contribution is -0.147. The maximum absolute atomic E-state index is 13.9. The quantitative estimate of drug-likeness (QED) is 0.0545. The monoisotopic (exact) mass is 902 g/mol. The van der Waals surface area contributed by atoms with Crippen molar-refractivity contribution in [2.75, 3.05) is 37.1 Å². The average molecular weight is 903 g/mol. The van der Waals surface area contributed by atoms with E-state index in [1.54, 1.807) is 48.8 Å². The smallest absolute Gasteiger partial charge is 0.334 e. The molecule has 4 aromatic rings. The van der Waals surface area contributed by atoms with Crippen LogP contribution in [0.1, 0.15) is 97.8 Å². The van der Waals surface area contributed by atoms with Gasteiger partial charge in [0.15, 0.2) is 0 Å². The van der Waals surface area contributed by atoms with Crippen LogP contribution >= 0.6 is 0 Å². The van der Waals surface area contributed by atoms with Gasteiger partial charge in [-0.3, -0.25) is 33.3 Å². The van der Waals surface area contributed by atoms with Gasteiger partial charge in [0.05, 0.1) is 68.6 Å². The fourth-order valence-electron chi connectivity index (χ4n) is 10.5. The van der Waals surface area contributed by atoms with E-state index >= 15 is 0 Å². The minimum atomic E-state index is -0.706. The zero-order chi connectivity index (χ0) is 46.9. The Morgan fingerprint density at radius 2 is 1.32 bits per heavy atom. The molecule has 2 aliphatic heterocycles.